The molecule has 2 saturated heterocycles. The fourth-order valence-electron chi connectivity index (χ4n) is 2.54. The largest absolute Gasteiger partial charge is 0.408 e. The molecule has 6 heteroatoms. The highest BCUT2D eigenvalue weighted by Crippen LogP contribution is 2.44. The minimum Gasteiger partial charge on any atom is -0.408 e. The van der Waals surface area contributed by atoms with Crippen LogP contribution >= 0.6 is 12.6 Å². The highest BCUT2D eigenvalue weighted by atomic mass is 32.1. The van der Waals surface area contributed by atoms with Gasteiger partial charge in [-0.3, -0.25) is 0 Å². The first-order valence-corrected chi connectivity index (χ1v) is 11.1. The van der Waals surface area contributed by atoms with Gasteiger partial charge in [-0.05, 0) is 32.0 Å². The molecule has 0 aliphatic carbocycles. The summed E-state index contributed by atoms with van der Waals surface area (Å²) in [5.74, 6) is -0.616. The Morgan fingerprint density at radius 2 is 1.76 bits per heavy atom. The maximum atomic E-state index is 6.60. The van der Waals surface area contributed by atoms with E-state index in [1.54, 1.807) is 0 Å². The molecule has 4 nitrogen and oxygen atoms in total. The molecule has 0 amide bonds. The lowest BCUT2D eigenvalue weighted by Crippen LogP contribution is -2.51. The molecule has 2 fully saturated rings. The molecule has 2 aliphatic heterocycles. The summed E-state index contributed by atoms with van der Waals surface area (Å²) in [5, 5.41) is 0.213. The zero-order valence-electron chi connectivity index (χ0n) is 14.5. The van der Waals surface area contributed by atoms with Crippen LogP contribution in [-0.4, -0.2) is 44.0 Å². The van der Waals surface area contributed by atoms with Crippen LogP contribution in [0.4, 0.5) is 0 Å². The molecule has 1 unspecified atom stereocenters. The average molecular weight is 335 g/mol. The molecule has 0 saturated carbocycles. The number of fused-ring (bicyclic) bond motifs is 1. The molecule has 2 rings (SSSR count). The van der Waals surface area contributed by atoms with Gasteiger partial charge in [-0.15, -0.1) is 0 Å². The van der Waals surface area contributed by atoms with E-state index < -0.39 is 14.1 Å². The topological polar surface area (TPSA) is 36.9 Å². The van der Waals surface area contributed by atoms with Crippen molar-refractivity contribution in [3.63, 3.8) is 0 Å². The standard InChI is InChI=1S/C15H30O4SSi/c1-9(20)10-11(19-21(7,8)14(2,3)4)12-13(16-10)18-15(5,6)17-12/h9-13,20H,1-8H3/t9?,10-,11-,12-,13-/m0/s1. The maximum Gasteiger partial charge on any atom is 0.192 e. The minimum absolute atomic E-state index is 0.0701. The van der Waals surface area contributed by atoms with Crippen LogP contribution in [0.25, 0.3) is 0 Å². The first kappa shape index (κ1) is 17.8. The number of thiol groups is 1. The summed E-state index contributed by atoms with van der Waals surface area (Å²) in [6.45, 7) is 17.1. The summed E-state index contributed by atoms with van der Waals surface area (Å²) >= 11 is 4.56. The second-order valence-corrected chi connectivity index (χ2v) is 13.7. The molecule has 124 valence electrons. The molecule has 0 bridgehead atoms. The summed E-state index contributed by atoms with van der Waals surface area (Å²) in [7, 11) is -1.91. The van der Waals surface area contributed by atoms with Crippen LogP contribution in [0.15, 0.2) is 0 Å². The van der Waals surface area contributed by atoms with Crippen molar-refractivity contribution in [2.24, 2.45) is 0 Å². The van der Waals surface area contributed by atoms with E-state index in [-0.39, 0.29) is 34.9 Å². The van der Waals surface area contributed by atoms with Gasteiger partial charge in [0.1, 0.15) is 12.2 Å². The van der Waals surface area contributed by atoms with Crippen LogP contribution in [-0.2, 0) is 18.6 Å². The first-order valence-electron chi connectivity index (χ1n) is 7.71. The lowest BCUT2D eigenvalue weighted by atomic mass is 10.1. The van der Waals surface area contributed by atoms with Gasteiger partial charge in [0.25, 0.3) is 0 Å². The normalized spacial score (nSPS) is 37.6. The SMILES string of the molecule is CC(S)[C@@H]1O[C@H]2OC(C)(C)O[C@H]2[C@H]1O[Si](C)(C)C(C)(C)C. The predicted octanol–water partition coefficient (Wildman–Crippen LogP) is 3.57. The Balaban J connectivity index is 2.21. The summed E-state index contributed by atoms with van der Waals surface area (Å²) in [5.41, 5.74) is 0. The Hall–Kier alpha value is 0.407. The van der Waals surface area contributed by atoms with Gasteiger partial charge in [0.2, 0.25) is 0 Å². The molecule has 0 aromatic heterocycles. The fraction of sp³-hybridized carbons (Fsp3) is 1.00. The summed E-state index contributed by atoms with van der Waals surface area (Å²) < 4.78 is 24.5. The Kier molecular flexibility index (Phi) is 4.64. The quantitative estimate of drug-likeness (QED) is 0.632. The highest BCUT2D eigenvalue weighted by molar-refractivity contribution is 7.81. The van der Waals surface area contributed by atoms with E-state index in [1.807, 2.05) is 20.8 Å². The average Bonchev–Trinajstić information content (AvgIpc) is 2.70. The van der Waals surface area contributed by atoms with E-state index in [0.717, 1.165) is 0 Å². The van der Waals surface area contributed by atoms with Gasteiger partial charge in [0.15, 0.2) is 20.4 Å². The van der Waals surface area contributed by atoms with Crippen molar-refractivity contribution in [2.45, 2.75) is 95.3 Å². The third-order valence-electron chi connectivity index (χ3n) is 4.74. The monoisotopic (exact) mass is 334 g/mol. The third kappa shape index (κ3) is 3.51. The first-order chi connectivity index (χ1) is 9.34. The molecule has 0 aromatic rings. The summed E-state index contributed by atoms with van der Waals surface area (Å²) in [4.78, 5) is 0. The van der Waals surface area contributed by atoms with E-state index in [4.69, 9.17) is 18.6 Å². The van der Waals surface area contributed by atoms with Crippen LogP contribution in [0, 0.1) is 0 Å². The van der Waals surface area contributed by atoms with E-state index in [1.165, 1.54) is 0 Å². The summed E-state index contributed by atoms with van der Waals surface area (Å²) in [6, 6.07) is 0. The van der Waals surface area contributed by atoms with Crippen LogP contribution in [0.5, 0.6) is 0 Å². The lowest BCUT2D eigenvalue weighted by molar-refractivity contribution is -0.213. The molecular formula is C15H30O4SSi. The zero-order valence-corrected chi connectivity index (χ0v) is 16.4. The molecule has 2 heterocycles. The smallest absolute Gasteiger partial charge is 0.192 e. The van der Waals surface area contributed by atoms with Gasteiger partial charge in [-0.2, -0.15) is 12.6 Å². The third-order valence-corrected chi connectivity index (χ3v) is 9.51. The zero-order chi connectivity index (χ0) is 16.2. The molecule has 0 spiro atoms. The van der Waals surface area contributed by atoms with Gasteiger partial charge < -0.3 is 18.6 Å². The number of ether oxygens (including phenoxy) is 3. The van der Waals surface area contributed by atoms with Crippen LogP contribution < -0.4 is 0 Å². The Labute approximate surface area is 135 Å². The fourth-order valence-corrected chi connectivity index (χ4v) is 4.09. The van der Waals surface area contributed by atoms with Crippen LogP contribution in [0.3, 0.4) is 0 Å². The lowest BCUT2D eigenvalue weighted by Gasteiger charge is -2.41. The van der Waals surface area contributed by atoms with E-state index in [0.29, 0.717) is 0 Å². The minimum atomic E-state index is -1.91. The predicted molar refractivity (Wildman–Crippen MR) is 89.2 cm³/mol. The van der Waals surface area contributed by atoms with E-state index >= 15 is 0 Å². The molecule has 0 radical (unpaired) electrons. The Morgan fingerprint density at radius 3 is 2.24 bits per heavy atom. The van der Waals surface area contributed by atoms with Crippen LogP contribution in [0.1, 0.15) is 41.5 Å². The Bertz CT molecular complexity index is 392. The number of hydrogen-bond acceptors (Lipinski definition) is 5. The van der Waals surface area contributed by atoms with Crippen molar-refractivity contribution >= 4 is 20.9 Å². The van der Waals surface area contributed by atoms with Crippen molar-refractivity contribution in [3.8, 4) is 0 Å². The highest BCUT2D eigenvalue weighted by Gasteiger charge is 2.58. The maximum absolute atomic E-state index is 6.60. The Morgan fingerprint density at radius 1 is 1.19 bits per heavy atom. The second kappa shape index (κ2) is 5.49. The number of rotatable bonds is 3. The van der Waals surface area contributed by atoms with Crippen molar-refractivity contribution in [1.82, 2.24) is 0 Å². The molecule has 2 aliphatic rings. The van der Waals surface area contributed by atoms with E-state index in [9.17, 15) is 0 Å². The van der Waals surface area contributed by atoms with Gasteiger partial charge >= 0.3 is 0 Å². The van der Waals surface area contributed by atoms with Gasteiger partial charge in [0, 0.05) is 5.25 Å². The van der Waals surface area contributed by atoms with Crippen molar-refractivity contribution in [2.75, 3.05) is 0 Å². The summed E-state index contributed by atoms with van der Waals surface area (Å²) in [6.07, 6.45) is -0.748. The van der Waals surface area contributed by atoms with Crippen LogP contribution in [0.2, 0.25) is 18.1 Å². The second-order valence-electron chi connectivity index (χ2n) is 8.15. The van der Waals surface area contributed by atoms with Crippen molar-refractivity contribution < 1.29 is 18.6 Å². The number of hydrogen-bond donors (Lipinski definition) is 1. The molecule has 5 atom stereocenters. The van der Waals surface area contributed by atoms with Gasteiger partial charge in [-0.25, -0.2) is 0 Å². The molecule has 21 heavy (non-hydrogen) atoms. The molecule has 0 aromatic carbocycles. The molecule has 0 N–H and O–H groups in total. The van der Waals surface area contributed by atoms with Crippen molar-refractivity contribution in [1.29, 1.82) is 0 Å². The van der Waals surface area contributed by atoms with Gasteiger partial charge in [0.05, 0.1) is 6.10 Å². The van der Waals surface area contributed by atoms with Crippen molar-refractivity contribution in [3.05, 3.63) is 0 Å². The van der Waals surface area contributed by atoms with Gasteiger partial charge in [-0.1, -0.05) is 27.7 Å². The molecular weight excluding hydrogens is 304 g/mol. The van der Waals surface area contributed by atoms with E-state index in [2.05, 4.69) is 46.5 Å².